The van der Waals surface area contributed by atoms with Gasteiger partial charge in [-0.3, -0.25) is 19.2 Å². The highest BCUT2D eigenvalue weighted by Crippen LogP contribution is 2.08. The minimum Gasteiger partial charge on any atom is -0.480 e. The third-order valence-corrected chi connectivity index (χ3v) is 5.45. The highest BCUT2D eigenvalue weighted by molar-refractivity contribution is 7.80. The first-order valence-electron chi connectivity index (χ1n) is 11.3. The van der Waals surface area contributed by atoms with E-state index < -0.39 is 53.8 Å². The Labute approximate surface area is 210 Å². The van der Waals surface area contributed by atoms with Gasteiger partial charge in [-0.25, -0.2) is 4.79 Å². The molecule has 0 spiro atoms. The topological polar surface area (TPSA) is 194 Å². The lowest BCUT2D eigenvalue weighted by atomic mass is 10.0. The fraction of sp³-hybridized carbons (Fsp3) is 0.522. The summed E-state index contributed by atoms with van der Waals surface area (Å²) in [5.74, 6) is -4.05. The Kier molecular flexibility index (Phi) is 12.8. The van der Waals surface area contributed by atoms with Crippen molar-refractivity contribution in [2.24, 2.45) is 17.4 Å². The molecular formula is C23H35N5O6S. The van der Waals surface area contributed by atoms with Crippen molar-refractivity contribution in [2.45, 2.75) is 63.7 Å². The van der Waals surface area contributed by atoms with Gasteiger partial charge in [0, 0.05) is 12.2 Å². The Hall–Kier alpha value is -3.12. The molecule has 4 unspecified atom stereocenters. The number of carbonyl (C=O) groups excluding carboxylic acids is 4. The summed E-state index contributed by atoms with van der Waals surface area (Å²) in [5.41, 5.74) is 11.9. The van der Waals surface area contributed by atoms with E-state index in [4.69, 9.17) is 11.5 Å². The summed E-state index contributed by atoms with van der Waals surface area (Å²) in [6, 6.07) is 4.77. The Balaban J connectivity index is 2.83. The van der Waals surface area contributed by atoms with Crippen LogP contribution in [-0.4, -0.2) is 64.6 Å². The van der Waals surface area contributed by atoms with Crippen LogP contribution in [0.15, 0.2) is 30.3 Å². The third kappa shape index (κ3) is 11.2. The number of hydrogen-bond acceptors (Lipinski definition) is 7. The molecule has 1 rings (SSSR count). The minimum atomic E-state index is -1.35. The van der Waals surface area contributed by atoms with Gasteiger partial charge in [-0.15, -0.1) is 0 Å². The van der Waals surface area contributed by atoms with E-state index in [9.17, 15) is 29.1 Å². The predicted octanol–water partition coefficient (Wildman–Crippen LogP) is -0.663. The van der Waals surface area contributed by atoms with Crippen LogP contribution in [0.5, 0.6) is 0 Å². The molecule has 194 valence electrons. The van der Waals surface area contributed by atoms with Crippen molar-refractivity contribution in [3.05, 3.63) is 35.9 Å². The molecule has 0 aliphatic heterocycles. The first-order chi connectivity index (χ1) is 16.4. The van der Waals surface area contributed by atoms with Crippen LogP contribution in [-0.2, 0) is 30.4 Å². The summed E-state index contributed by atoms with van der Waals surface area (Å²) in [6.07, 6.45) is 0.0666. The first kappa shape index (κ1) is 29.9. The fourth-order valence-corrected chi connectivity index (χ4v) is 3.48. The highest BCUT2D eigenvalue weighted by atomic mass is 32.1. The van der Waals surface area contributed by atoms with Gasteiger partial charge in [0.1, 0.15) is 18.1 Å². The molecule has 12 heteroatoms. The summed E-state index contributed by atoms with van der Waals surface area (Å²) in [5, 5.41) is 16.8. The number of primary amides is 1. The molecule has 0 aliphatic carbocycles. The molecule has 0 radical (unpaired) electrons. The zero-order valence-electron chi connectivity index (χ0n) is 19.9. The van der Waals surface area contributed by atoms with Crippen molar-refractivity contribution in [2.75, 3.05) is 5.75 Å². The first-order valence-corrected chi connectivity index (χ1v) is 11.9. The molecule has 1 aromatic rings. The minimum absolute atomic E-state index is 0.0247. The van der Waals surface area contributed by atoms with Gasteiger partial charge < -0.3 is 32.5 Å². The summed E-state index contributed by atoms with van der Waals surface area (Å²) >= 11 is 4.13. The van der Waals surface area contributed by atoms with Crippen LogP contribution in [0, 0.1) is 5.92 Å². The molecule has 0 aliphatic rings. The summed E-state index contributed by atoms with van der Waals surface area (Å²) < 4.78 is 0. The molecule has 1 aromatic carbocycles. The van der Waals surface area contributed by atoms with E-state index in [1.165, 1.54) is 0 Å². The molecule has 4 amide bonds. The van der Waals surface area contributed by atoms with E-state index in [0.717, 1.165) is 5.56 Å². The van der Waals surface area contributed by atoms with E-state index in [-0.39, 0.29) is 37.4 Å². The van der Waals surface area contributed by atoms with E-state index in [1.807, 2.05) is 44.2 Å². The number of benzene rings is 1. The lowest BCUT2D eigenvalue weighted by molar-refractivity contribution is -0.142. The predicted molar refractivity (Wildman–Crippen MR) is 133 cm³/mol. The van der Waals surface area contributed by atoms with E-state index in [0.29, 0.717) is 0 Å². The third-order valence-electron chi connectivity index (χ3n) is 5.08. The second-order valence-electron chi connectivity index (χ2n) is 8.64. The molecule has 0 fully saturated rings. The van der Waals surface area contributed by atoms with Crippen LogP contribution in [0.2, 0.25) is 0 Å². The molecule has 0 saturated heterocycles. The number of amides is 4. The molecule has 0 bridgehead atoms. The van der Waals surface area contributed by atoms with E-state index >= 15 is 0 Å². The average Bonchev–Trinajstić information content (AvgIpc) is 2.79. The number of hydrogen-bond donors (Lipinski definition) is 7. The smallest absolute Gasteiger partial charge is 0.326 e. The maximum absolute atomic E-state index is 12.8. The second kappa shape index (κ2) is 15.0. The van der Waals surface area contributed by atoms with Gasteiger partial charge in [-0.05, 0) is 30.7 Å². The number of carboxylic acid groups (broad SMARTS) is 1. The molecule has 4 atom stereocenters. The quantitative estimate of drug-likeness (QED) is 0.152. The van der Waals surface area contributed by atoms with Crippen LogP contribution in [0.3, 0.4) is 0 Å². The zero-order valence-corrected chi connectivity index (χ0v) is 20.8. The van der Waals surface area contributed by atoms with Crippen LogP contribution >= 0.6 is 12.6 Å². The number of carboxylic acids is 1. The number of aliphatic carboxylic acids is 1. The van der Waals surface area contributed by atoms with Gasteiger partial charge in [0.05, 0.1) is 6.04 Å². The molecule has 0 aromatic heterocycles. The van der Waals surface area contributed by atoms with Crippen LogP contribution in [0.4, 0.5) is 0 Å². The second-order valence-corrected chi connectivity index (χ2v) is 9.00. The molecule has 0 saturated carbocycles. The maximum atomic E-state index is 12.8. The van der Waals surface area contributed by atoms with Crippen molar-refractivity contribution >= 4 is 42.2 Å². The number of nitrogens with two attached hydrogens (primary N) is 2. The van der Waals surface area contributed by atoms with Gasteiger partial charge in [-0.1, -0.05) is 44.2 Å². The van der Waals surface area contributed by atoms with Gasteiger partial charge in [0.15, 0.2) is 0 Å². The zero-order chi connectivity index (χ0) is 26.5. The van der Waals surface area contributed by atoms with Crippen molar-refractivity contribution < 1.29 is 29.1 Å². The molecular weight excluding hydrogens is 474 g/mol. The monoisotopic (exact) mass is 509 g/mol. The Morgan fingerprint density at radius 3 is 1.97 bits per heavy atom. The van der Waals surface area contributed by atoms with Crippen LogP contribution in [0.25, 0.3) is 0 Å². The Bertz CT molecular complexity index is 882. The number of thiol groups is 1. The molecule has 0 heterocycles. The number of rotatable bonds is 15. The fourth-order valence-electron chi connectivity index (χ4n) is 3.23. The van der Waals surface area contributed by atoms with Gasteiger partial charge >= 0.3 is 5.97 Å². The van der Waals surface area contributed by atoms with Crippen LogP contribution in [0.1, 0.15) is 38.7 Å². The SMILES string of the molecule is CC(C)CC(NC(=O)C(CS)NC(=O)C(N)Cc1ccccc1)C(=O)NC(CCC(N)=O)C(=O)O. The van der Waals surface area contributed by atoms with Gasteiger partial charge in [0.2, 0.25) is 23.6 Å². The number of nitrogens with one attached hydrogen (secondary N) is 3. The maximum Gasteiger partial charge on any atom is 0.326 e. The normalized spacial score (nSPS) is 14.3. The van der Waals surface area contributed by atoms with Crippen molar-refractivity contribution in [3.8, 4) is 0 Å². The largest absolute Gasteiger partial charge is 0.480 e. The van der Waals surface area contributed by atoms with E-state index in [2.05, 4.69) is 28.6 Å². The molecule has 11 nitrogen and oxygen atoms in total. The summed E-state index contributed by atoms with van der Waals surface area (Å²) in [6.45, 7) is 3.66. The van der Waals surface area contributed by atoms with Crippen molar-refractivity contribution in [1.82, 2.24) is 16.0 Å². The lowest BCUT2D eigenvalue weighted by Crippen LogP contribution is -2.58. The van der Waals surface area contributed by atoms with E-state index in [1.54, 1.807) is 0 Å². The van der Waals surface area contributed by atoms with Crippen LogP contribution < -0.4 is 27.4 Å². The van der Waals surface area contributed by atoms with Crippen molar-refractivity contribution in [3.63, 3.8) is 0 Å². The standard InChI is InChI=1S/C23H35N5O6S/c1-13(2)10-17(21(31)26-16(23(33)34)8-9-19(25)29)27-22(32)18(12-35)28-20(30)15(24)11-14-6-4-3-5-7-14/h3-7,13,15-18,35H,8-12,24H2,1-2H3,(H2,25,29)(H,26,31)(H,27,32)(H,28,30)(H,33,34). The van der Waals surface area contributed by atoms with Gasteiger partial charge in [-0.2, -0.15) is 12.6 Å². The lowest BCUT2D eigenvalue weighted by Gasteiger charge is -2.25. The highest BCUT2D eigenvalue weighted by Gasteiger charge is 2.30. The summed E-state index contributed by atoms with van der Waals surface area (Å²) in [7, 11) is 0. The Morgan fingerprint density at radius 1 is 0.914 bits per heavy atom. The molecule has 35 heavy (non-hydrogen) atoms. The summed E-state index contributed by atoms with van der Waals surface area (Å²) in [4.78, 5) is 60.6. The average molecular weight is 510 g/mol. The Morgan fingerprint density at radius 2 is 1.46 bits per heavy atom. The number of carbonyl (C=O) groups is 5. The van der Waals surface area contributed by atoms with Crippen molar-refractivity contribution in [1.29, 1.82) is 0 Å². The molecule has 8 N–H and O–H groups in total. The van der Waals surface area contributed by atoms with Gasteiger partial charge in [0.25, 0.3) is 0 Å².